The van der Waals surface area contributed by atoms with Crippen molar-refractivity contribution in [1.82, 2.24) is 14.7 Å². The summed E-state index contributed by atoms with van der Waals surface area (Å²) in [6, 6.07) is 2.35. The maximum atomic E-state index is 11.9. The van der Waals surface area contributed by atoms with Crippen LogP contribution in [-0.2, 0) is 9.46 Å². The third-order valence-corrected chi connectivity index (χ3v) is 8.85. The van der Waals surface area contributed by atoms with E-state index in [4.69, 9.17) is 0 Å². The summed E-state index contributed by atoms with van der Waals surface area (Å²) in [5.74, 6) is 0.220. The molecular weight excluding hydrogens is 269 g/mol. The van der Waals surface area contributed by atoms with E-state index in [-0.39, 0.29) is 5.88 Å². The minimum Gasteiger partial charge on any atom is -0.289 e. The van der Waals surface area contributed by atoms with Crippen molar-refractivity contribution in [2.75, 3.05) is 32.3 Å². The van der Waals surface area contributed by atoms with Crippen molar-refractivity contribution in [1.29, 1.82) is 0 Å². The highest BCUT2D eigenvalue weighted by Crippen LogP contribution is 2.35. The zero-order valence-corrected chi connectivity index (χ0v) is 12.6. The van der Waals surface area contributed by atoms with Gasteiger partial charge < -0.3 is 0 Å². The predicted molar refractivity (Wildman–Crippen MR) is 74.6 cm³/mol. The quantitative estimate of drug-likeness (QED) is 0.789. The molecule has 0 N–H and O–H groups in total. The van der Waals surface area contributed by atoms with Gasteiger partial charge in [-0.2, -0.15) is 5.10 Å². The summed E-state index contributed by atoms with van der Waals surface area (Å²) < 4.78 is 25.7. The van der Waals surface area contributed by atoms with Gasteiger partial charge in [0.15, 0.2) is 9.46 Å². The summed E-state index contributed by atoms with van der Waals surface area (Å²) >= 11 is 0. The molecule has 0 radical (unpaired) electrons. The van der Waals surface area contributed by atoms with Crippen LogP contribution in [0.3, 0.4) is 0 Å². The number of hydrogen-bond acceptors (Lipinski definition) is 4. The molecule has 1 fully saturated rings. The van der Waals surface area contributed by atoms with Crippen LogP contribution in [0.25, 0.3) is 0 Å². The number of likely N-dealkylation sites (tertiary alicyclic amines) is 1. The van der Waals surface area contributed by atoms with Crippen molar-refractivity contribution in [3.05, 3.63) is 18.5 Å². The number of aromatic nitrogens is 2. The van der Waals surface area contributed by atoms with Gasteiger partial charge in [-0.15, -0.1) is 0 Å². The molecule has 2 rings (SSSR count). The van der Waals surface area contributed by atoms with Crippen molar-refractivity contribution in [3.8, 4) is 0 Å². The van der Waals surface area contributed by atoms with E-state index in [1.807, 2.05) is 16.9 Å². The van der Waals surface area contributed by atoms with Crippen LogP contribution in [0, 0.1) is 0 Å². The van der Waals surface area contributed by atoms with E-state index < -0.39 is 16.6 Å². The van der Waals surface area contributed by atoms with Gasteiger partial charge >= 0.3 is 0 Å². The van der Waals surface area contributed by atoms with Crippen LogP contribution in [-0.4, -0.2) is 55.4 Å². The second kappa shape index (κ2) is 5.68. The largest absolute Gasteiger partial charge is 0.289 e. The molecule has 1 aliphatic heterocycles. The summed E-state index contributed by atoms with van der Waals surface area (Å²) in [4.78, 5) is 2.05. The minimum atomic E-state index is -2.90. The minimum absolute atomic E-state index is 0.220. The number of nitrogens with zero attached hydrogens (tertiary/aromatic N) is 3. The molecule has 5 nitrogen and oxygen atoms in total. The van der Waals surface area contributed by atoms with Crippen molar-refractivity contribution in [2.24, 2.45) is 0 Å². The highest BCUT2D eigenvalue weighted by molar-refractivity contribution is 8.49. The lowest BCUT2D eigenvalue weighted by Crippen LogP contribution is -2.37. The molecule has 102 valence electrons. The number of piperidine rings is 1. The van der Waals surface area contributed by atoms with Crippen LogP contribution >= 0.6 is 7.12 Å². The molecule has 0 amide bonds. The summed E-state index contributed by atoms with van der Waals surface area (Å²) in [5, 5.41) is 4.25. The predicted octanol–water partition coefficient (Wildman–Crippen LogP) is 1.55. The van der Waals surface area contributed by atoms with Gasteiger partial charge in [0.1, 0.15) is 5.88 Å². The molecule has 1 saturated heterocycles. The Labute approximate surface area is 110 Å². The smallest absolute Gasteiger partial charge is 0.179 e. The van der Waals surface area contributed by atoms with E-state index in [1.54, 1.807) is 19.5 Å². The first kappa shape index (κ1) is 14.0. The number of rotatable bonds is 4. The Kier molecular flexibility index (Phi) is 4.41. The fraction of sp³-hybridized carbons (Fsp3) is 0.727. The Morgan fingerprint density at radius 1 is 1.33 bits per heavy atom. The van der Waals surface area contributed by atoms with Crippen LogP contribution in [0.4, 0.5) is 0 Å². The summed E-state index contributed by atoms with van der Waals surface area (Å²) in [7, 11) is -3.80. The van der Waals surface area contributed by atoms with Crippen molar-refractivity contribution >= 4 is 16.6 Å². The lowest BCUT2D eigenvalue weighted by Gasteiger charge is -2.32. The van der Waals surface area contributed by atoms with Gasteiger partial charge in [0.25, 0.3) is 0 Å². The standard InChI is InChI=1S/C11H20N3O2PS/c1-17(2)18(15,16)10-13-8-4-11(5-9-13)14-7-3-6-12-14/h3,6-7,11H,4-5,8-10H2,1-2H3. The first-order valence-electron chi connectivity index (χ1n) is 6.11. The molecule has 1 aromatic heterocycles. The fourth-order valence-electron chi connectivity index (χ4n) is 2.16. The molecule has 0 unspecified atom stereocenters. The maximum absolute atomic E-state index is 11.9. The lowest BCUT2D eigenvalue weighted by atomic mass is 10.1. The summed E-state index contributed by atoms with van der Waals surface area (Å²) in [6.07, 6.45) is 5.72. The molecule has 1 aromatic rings. The van der Waals surface area contributed by atoms with Crippen molar-refractivity contribution < 1.29 is 8.42 Å². The van der Waals surface area contributed by atoms with Crippen LogP contribution in [0.5, 0.6) is 0 Å². The summed E-state index contributed by atoms with van der Waals surface area (Å²) in [5.41, 5.74) is 0. The molecule has 0 aliphatic carbocycles. The molecule has 1 aliphatic rings. The monoisotopic (exact) mass is 289 g/mol. The Morgan fingerprint density at radius 3 is 2.50 bits per heavy atom. The summed E-state index contributed by atoms with van der Waals surface area (Å²) in [6.45, 7) is 5.29. The third kappa shape index (κ3) is 3.31. The average molecular weight is 289 g/mol. The molecule has 7 heteroatoms. The van der Waals surface area contributed by atoms with Crippen molar-refractivity contribution in [2.45, 2.75) is 18.9 Å². The molecule has 0 bridgehead atoms. The topological polar surface area (TPSA) is 55.2 Å². The van der Waals surface area contributed by atoms with E-state index in [2.05, 4.69) is 10.00 Å². The average Bonchev–Trinajstić information content (AvgIpc) is 2.83. The second-order valence-electron chi connectivity index (χ2n) is 4.86. The van der Waals surface area contributed by atoms with E-state index in [1.165, 1.54) is 0 Å². The van der Waals surface area contributed by atoms with Gasteiger partial charge in [-0.3, -0.25) is 9.58 Å². The van der Waals surface area contributed by atoms with E-state index in [9.17, 15) is 8.42 Å². The molecule has 18 heavy (non-hydrogen) atoms. The van der Waals surface area contributed by atoms with Crippen LogP contribution in [0.15, 0.2) is 18.5 Å². The van der Waals surface area contributed by atoms with Crippen LogP contribution in [0.1, 0.15) is 18.9 Å². The maximum Gasteiger partial charge on any atom is 0.179 e. The Balaban J connectivity index is 1.88. The number of hydrogen-bond donors (Lipinski definition) is 0. The zero-order valence-electron chi connectivity index (χ0n) is 10.9. The molecule has 0 atom stereocenters. The first-order chi connectivity index (χ1) is 8.49. The van der Waals surface area contributed by atoms with E-state index in [0.717, 1.165) is 25.9 Å². The Morgan fingerprint density at radius 2 is 2.00 bits per heavy atom. The highest BCUT2D eigenvalue weighted by atomic mass is 32.8. The van der Waals surface area contributed by atoms with E-state index >= 15 is 0 Å². The van der Waals surface area contributed by atoms with Gasteiger partial charge in [-0.25, -0.2) is 8.42 Å². The fourth-order valence-corrected chi connectivity index (χ4v) is 4.29. The highest BCUT2D eigenvalue weighted by Gasteiger charge is 2.25. The van der Waals surface area contributed by atoms with Gasteiger partial charge in [-0.1, -0.05) is 0 Å². The van der Waals surface area contributed by atoms with Gasteiger partial charge in [0.2, 0.25) is 0 Å². The first-order valence-corrected chi connectivity index (χ1v) is 10.6. The van der Waals surface area contributed by atoms with E-state index in [0.29, 0.717) is 6.04 Å². The van der Waals surface area contributed by atoms with Gasteiger partial charge in [0, 0.05) is 32.6 Å². The van der Waals surface area contributed by atoms with Crippen LogP contribution < -0.4 is 0 Å². The molecule has 0 spiro atoms. The third-order valence-electron chi connectivity index (χ3n) is 3.36. The molecule has 0 aromatic carbocycles. The SMILES string of the molecule is CP(C)S(=O)(=O)CN1CCC(n2cccn2)CC1. The molecule has 2 heterocycles. The Hall–Kier alpha value is -0.450. The van der Waals surface area contributed by atoms with Crippen LogP contribution in [0.2, 0.25) is 0 Å². The van der Waals surface area contributed by atoms with Crippen molar-refractivity contribution in [3.63, 3.8) is 0 Å². The normalized spacial score (nSPS) is 19.5. The molecule has 0 saturated carbocycles. The lowest BCUT2D eigenvalue weighted by molar-refractivity contribution is 0.203. The molecular formula is C11H20N3O2PS. The Bertz CT molecular complexity index is 464. The second-order valence-corrected chi connectivity index (χ2v) is 11.8. The van der Waals surface area contributed by atoms with Gasteiger partial charge in [-0.05, 0) is 32.2 Å². The van der Waals surface area contributed by atoms with Gasteiger partial charge in [0.05, 0.1) is 6.04 Å². The zero-order chi connectivity index (χ0) is 13.2.